The number of amides is 1. The van der Waals surface area contributed by atoms with Crippen LogP contribution in [0.1, 0.15) is 32.2 Å². The first kappa shape index (κ1) is 27.9. The number of hydrogen-bond acceptors (Lipinski definition) is 9. The maximum Gasteiger partial charge on any atom is 0.242 e. The van der Waals surface area contributed by atoms with Crippen LogP contribution >= 0.6 is 0 Å². The second-order valence-electron chi connectivity index (χ2n) is 10.7. The molecule has 5 aromatic rings. The molecular formula is C28H30N8O4S. The molecule has 0 bridgehead atoms. The number of nitrogens with zero attached hydrogens (tertiary/aromatic N) is 6. The maximum absolute atomic E-state index is 12.6. The Morgan fingerprint density at radius 1 is 1.05 bits per heavy atom. The summed E-state index contributed by atoms with van der Waals surface area (Å²) in [6, 6.07) is 15.3. The molecule has 212 valence electrons. The van der Waals surface area contributed by atoms with E-state index in [0.717, 1.165) is 10.1 Å². The van der Waals surface area contributed by atoms with Crippen LogP contribution in [-0.4, -0.2) is 57.6 Å². The number of aromatic nitrogens is 5. The summed E-state index contributed by atoms with van der Waals surface area (Å²) in [5.74, 6) is 0.737. The molecule has 0 unspecified atom stereocenters. The molecule has 5 rings (SSSR count). The van der Waals surface area contributed by atoms with E-state index in [2.05, 4.69) is 20.4 Å². The Morgan fingerprint density at radius 2 is 1.73 bits per heavy atom. The van der Waals surface area contributed by atoms with Crippen molar-refractivity contribution in [1.82, 2.24) is 29.2 Å². The van der Waals surface area contributed by atoms with Gasteiger partial charge in [-0.3, -0.25) is 4.79 Å². The summed E-state index contributed by atoms with van der Waals surface area (Å²) in [4.78, 5) is 21.3. The highest BCUT2D eigenvalue weighted by Gasteiger charge is 2.22. The molecule has 0 aliphatic rings. The number of nitrogen functional groups attached to an aromatic ring is 1. The summed E-state index contributed by atoms with van der Waals surface area (Å²) in [5.41, 5.74) is 9.51. The van der Waals surface area contributed by atoms with E-state index in [1.807, 2.05) is 20.8 Å². The molecule has 0 spiro atoms. The molecule has 0 saturated heterocycles. The third-order valence-electron chi connectivity index (χ3n) is 6.44. The maximum atomic E-state index is 12.6. The Balaban J connectivity index is 1.40. The molecule has 3 heterocycles. The van der Waals surface area contributed by atoms with Crippen molar-refractivity contribution in [2.75, 3.05) is 25.1 Å². The lowest BCUT2D eigenvalue weighted by molar-refractivity contribution is -0.115. The van der Waals surface area contributed by atoms with Crippen molar-refractivity contribution in [2.24, 2.45) is 0 Å². The van der Waals surface area contributed by atoms with Crippen molar-refractivity contribution < 1.29 is 17.7 Å². The number of nitrogens with one attached hydrogen (secondary N) is 1. The number of benzene rings is 2. The summed E-state index contributed by atoms with van der Waals surface area (Å²) < 4.78 is 33.1. The molecule has 0 aliphatic carbocycles. The minimum atomic E-state index is -3.58. The number of hydrogen-bond donors (Lipinski definition) is 2. The van der Waals surface area contributed by atoms with Crippen LogP contribution in [0.15, 0.2) is 70.3 Å². The van der Waals surface area contributed by atoms with Crippen LogP contribution in [0.25, 0.3) is 28.0 Å². The smallest absolute Gasteiger partial charge is 0.242 e. The molecule has 0 fully saturated rings. The van der Waals surface area contributed by atoms with Crippen LogP contribution in [-0.2, 0) is 26.7 Å². The molecule has 12 nitrogen and oxygen atoms in total. The Kier molecular flexibility index (Phi) is 7.09. The SMILES string of the molecule is CN(C)S(=O)(=O)c1ccc(-c2nn(-c3ccc(NC(=O)Cc4cc(C(C)(C)C)on4)cc3)c3ncnc(N)c23)cc1. The predicted molar refractivity (Wildman–Crippen MR) is 155 cm³/mol. The number of carbonyl (C=O) groups is 1. The van der Waals surface area contributed by atoms with Gasteiger partial charge in [-0.1, -0.05) is 38.1 Å². The molecule has 0 aliphatic heterocycles. The quantitative estimate of drug-likeness (QED) is 0.294. The first-order chi connectivity index (χ1) is 19.3. The molecule has 41 heavy (non-hydrogen) atoms. The van der Waals surface area contributed by atoms with Gasteiger partial charge in [-0.15, -0.1) is 0 Å². The predicted octanol–water partition coefficient (Wildman–Crippen LogP) is 3.78. The third kappa shape index (κ3) is 5.54. The summed E-state index contributed by atoms with van der Waals surface area (Å²) >= 11 is 0. The summed E-state index contributed by atoms with van der Waals surface area (Å²) in [5, 5.41) is 12.2. The van der Waals surface area contributed by atoms with Gasteiger partial charge >= 0.3 is 0 Å². The van der Waals surface area contributed by atoms with E-state index in [0.29, 0.717) is 39.4 Å². The van der Waals surface area contributed by atoms with E-state index < -0.39 is 10.0 Å². The summed E-state index contributed by atoms with van der Waals surface area (Å²) in [7, 11) is -0.622. The minimum Gasteiger partial charge on any atom is -0.383 e. The molecule has 13 heteroatoms. The largest absolute Gasteiger partial charge is 0.383 e. The standard InChI is InChI=1S/C28H30N8O4S/c1-28(2,3)22-14-19(34-40-22)15-23(37)32-18-8-10-20(11-9-18)36-27-24(26(29)30-16-31-27)25(33-36)17-6-12-21(13-7-17)41(38,39)35(4)5/h6-14,16H,15H2,1-5H3,(H,32,37)(H2,29,30,31). The van der Waals surface area contributed by atoms with Gasteiger partial charge in [0.25, 0.3) is 0 Å². The lowest BCUT2D eigenvalue weighted by Crippen LogP contribution is -2.22. The highest BCUT2D eigenvalue weighted by molar-refractivity contribution is 7.89. The molecular weight excluding hydrogens is 544 g/mol. The molecule has 1 amide bonds. The van der Waals surface area contributed by atoms with E-state index in [4.69, 9.17) is 15.4 Å². The van der Waals surface area contributed by atoms with Gasteiger partial charge in [0.2, 0.25) is 15.9 Å². The Morgan fingerprint density at radius 3 is 2.34 bits per heavy atom. The lowest BCUT2D eigenvalue weighted by atomic mass is 9.93. The molecule has 2 aromatic carbocycles. The monoisotopic (exact) mass is 574 g/mol. The lowest BCUT2D eigenvalue weighted by Gasteiger charge is -2.12. The first-order valence-electron chi connectivity index (χ1n) is 12.7. The number of anilines is 2. The number of carbonyl (C=O) groups excluding carboxylic acids is 1. The van der Waals surface area contributed by atoms with Crippen molar-refractivity contribution >= 4 is 38.5 Å². The van der Waals surface area contributed by atoms with Gasteiger partial charge in [0.15, 0.2) is 5.65 Å². The van der Waals surface area contributed by atoms with Crippen LogP contribution in [0.5, 0.6) is 0 Å². The zero-order valence-electron chi connectivity index (χ0n) is 23.3. The van der Waals surface area contributed by atoms with Crippen molar-refractivity contribution in [2.45, 2.75) is 37.5 Å². The molecule has 0 saturated carbocycles. The normalized spacial score (nSPS) is 12.2. The average Bonchev–Trinajstić information content (AvgIpc) is 3.55. The Hall–Kier alpha value is -4.62. The van der Waals surface area contributed by atoms with Gasteiger partial charge in [-0.2, -0.15) is 5.10 Å². The Bertz CT molecular complexity index is 1840. The van der Waals surface area contributed by atoms with Gasteiger partial charge in [0.05, 0.1) is 28.1 Å². The topological polar surface area (TPSA) is 162 Å². The molecule has 3 aromatic heterocycles. The first-order valence-corrected chi connectivity index (χ1v) is 14.2. The van der Waals surface area contributed by atoms with E-state index in [1.165, 1.54) is 32.6 Å². The third-order valence-corrected chi connectivity index (χ3v) is 8.27. The highest BCUT2D eigenvalue weighted by atomic mass is 32.2. The van der Waals surface area contributed by atoms with E-state index in [1.54, 1.807) is 47.1 Å². The fourth-order valence-electron chi connectivity index (χ4n) is 4.16. The summed E-state index contributed by atoms with van der Waals surface area (Å²) in [6.07, 6.45) is 1.44. The van der Waals surface area contributed by atoms with E-state index in [-0.39, 0.29) is 28.5 Å². The fraction of sp³-hybridized carbons (Fsp3) is 0.250. The van der Waals surface area contributed by atoms with Crippen molar-refractivity contribution in [3.05, 3.63) is 72.4 Å². The van der Waals surface area contributed by atoms with Crippen molar-refractivity contribution in [1.29, 1.82) is 0 Å². The summed E-state index contributed by atoms with van der Waals surface area (Å²) in [6.45, 7) is 6.04. The van der Waals surface area contributed by atoms with E-state index in [9.17, 15) is 13.2 Å². The minimum absolute atomic E-state index is 0.0827. The van der Waals surface area contributed by atoms with Gasteiger partial charge in [-0.05, 0) is 36.4 Å². The van der Waals surface area contributed by atoms with Crippen LogP contribution in [0.3, 0.4) is 0 Å². The van der Waals surface area contributed by atoms with Crippen LogP contribution in [0.4, 0.5) is 11.5 Å². The van der Waals surface area contributed by atoms with Gasteiger partial charge in [0.1, 0.15) is 23.6 Å². The number of fused-ring (bicyclic) bond motifs is 1. The van der Waals surface area contributed by atoms with Crippen molar-refractivity contribution in [3.63, 3.8) is 0 Å². The fourth-order valence-corrected chi connectivity index (χ4v) is 5.06. The average molecular weight is 575 g/mol. The molecule has 0 radical (unpaired) electrons. The number of nitrogens with two attached hydrogens (primary N) is 1. The zero-order chi connectivity index (χ0) is 29.5. The number of rotatable bonds is 7. The second-order valence-corrected chi connectivity index (χ2v) is 12.9. The Labute approximate surface area is 237 Å². The van der Waals surface area contributed by atoms with Crippen LogP contribution in [0.2, 0.25) is 0 Å². The van der Waals surface area contributed by atoms with Gasteiger partial charge in [-0.25, -0.2) is 27.4 Å². The second kappa shape index (κ2) is 10.4. The van der Waals surface area contributed by atoms with Crippen LogP contribution in [0, 0.1) is 0 Å². The van der Waals surface area contributed by atoms with E-state index >= 15 is 0 Å². The zero-order valence-corrected chi connectivity index (χ0v) is 24.1. The van der Waals surface area contributed by atoms with Crippen LogP contribution < -0.4 is 11.1 Å². The highest BCUT2D eigenvalue weighted by Crippen LogP contribution is 2.32. The molecule has 3 N–H and O–H groups in total. The number of sulfonamides is 1. The van der Waals surface area contributed by atoms with Crippen molar-refractivity contribution in [3.8, 4) is 16.9 Å². The molecule has 0 atom stereocenters. The van der Waals surface area contributed by atoms with Gasteiger partial charge < -0.3 is 15.6 Å². The van der Waals surface area contributed by atoms with Gasteiger partial charge in [0, 0.05) is 36.8 Å².